The number of carbonyl (C=O) groups excluding carboxylic acids is 1. The Morgan fingerprint density at radius 2 is 2.00 bits per heavy atom. The normalized spacial score (nSPS) is 22.0. The van der Waals surface area contributed by atoms with Crippen LogP contribution in [0.25, 0.3) is 10.8 Å². The number of hydrogen-bond donors (Lipinski definition) is 1. The molecule has 1 atom stereocenters. The molecule has 1 N–H and O–H groups in total. The highest BCUT2D eigenvalue weighted by Crippen LogP contribution is 2.47. The van der Waals surface area contributed by atoms with Gasteiger partial charge >= 0.3 is 6.01 Å². The monoisotopic (exact) mass is 585 g/mol. The standard InChI is InChI=1S/C34H43N5O4/c1-23-6-4-12-38(18-23)31-28-19-39(32(41)27-17-26(40)16-25-8-3-7-24(2)30(25)27)20-29(28)35-33(36-31)43-22-34(9-10-34)21-37-11-5-14-42-15-13-37/h3,7-8,16-17,23,40H,4-6,9-15,18-22H2,1-2H3. The van der Waals surface area contributed by atoms with Crippen LogP contribution < -0.4 is 9.64 Å². The highest BCUT2D eigenvalue weighted by atomic mass is 16.5. The van der Waals surface area contributed by atoms with Gasteiger partial charge in [-0.3, -0.25) is 4.79 Å². The van der Waals surface area contributed by atoms with E-state index in [-0.39, 0.29) is 17.1 Å². The Morgan fingerprint density at radius 1 is 1.12 bits per heavy atom. The summed E-state index contributed by atoms with van der Waals surface area (Å²) in [4.78, 5) is 30.7. The van der Waals surface area contributed by atoms with Gasteiger partial charge in [0.05, 0.1) is 37.6 Å². The Hall–Kier alpha value is -3.43. The molecule has 228 valence electrons. The third-order valence-electron chi connectivity index (χ3n) is 9.72. The van der Waals surface area contributed by atoms with E-state index in [2.05, 4.69) is 16.7 Å². The van der Waals surface area contributed by atoms with Crippen LogP contribution >= 0.6 is 0 Å². The average molecular weight is 586 g/mol. The molecule has 9 heteroatoms. The minimum absolute atomic E-state index is 0.0957. The molecule has 4 heterocycles. The van der Waals surface area contributed by atoms with Crippen molar-refractivity contribution >= 4 is 22.5 Å². The quantitative estimate of drug-likeness (QED) is 0.418. The maximum absolute atomic E-state index is 14.0. The molecule has 0 bridgehead atoms. The Labute approximate surface area is 253 Å². The van der Waals surface area contributed by atoms with E-state index >= 15 is 0 Å². The Morgan fingerprint density at radius 3 is 2.84 bits per heavy atom. The fourth-order valence-electron chi connectivity index (χ4n) is 7.18. The molecule has 43 heavy (non-hydrogen) atoms. The van der Waals surface area contributed by atoms with Crippen LogP contribution in [0.3, 0.4) is 0 Å². The number of benzene rings is 2. The fourth-order valence-corrected chi connectivity index (χ4v) is 7.18. The number of phenols is 1. The van der Waals surface area contributed by atoms with Crippen LogP contribution in [0.5, 0.6) is 11.8 Å². The number of nitrogens with zero attached hydrogens (tertiary/aromatic N) is 5. The molecule has 1 amide bonds. The van der Waals surface area contributed by atoms with Gasteiger partial charge in [0, 0.05) is 50.3 Å². The second-order valence-electron chi connectivity index (χ2n) is 13.3. The van der Waals surface area contributed by atoms with Crippen LogP contribution in [0.2, 0.25) is 0 Å². The topological polar surface area (TPSA) is 91.3 Å². The van der Waals surface area contributed by atoms with Gasteiger partial charge in [0.15, 0.2) is 0 Å². The van der Waals surface area contributed by atoms with Crippen LogP contribution in [0.15, 0.2) is 30.3 Å². The second kappa shape index (κ2) is 11.6. The van der Waals surface area contributed by atoms with Gasteiger partial charge in [0.2, 0.25) is 0 Å². The summed E-state index contributed by atoms with van der Waals surface area (Å²) in [5.74, 6) is 1.48. The van der Waals surface area contributed by atoms with Gasteiger partial charge in [-0.2, -0.15) is 9.97 Å². The van der Waals surface area contributed by atoms with E-state index < -0.39 is 0 Å². The molecule has 2 saturated heterocycles. The molecule has 4 aliphatic rings. The first kappa shape index (κ1) is 28.3. The predicted octanol–water partition coefficient (Wildman–Crippen LogP) is 4.92. The Balaban J connectivity index is 1.15. The van der Waals surface area contributed by atoms with Gasteiger partial charge in [-0.1, -0.05) is 25.1 Å². The number of amides is 1. The molecule has 3 aliphatic heterocycles. The molecule has 0 radical (unpaired) electrons. The summed E-state index contributed by atoms with van der Waals surface area (Å²) in [6.45, 7) is 12.4. The van der Waals surface area contributed by atoms with Crippen LogP contribution in [-0.4, -0.2) is 83.3 Å². The Kier molecular flexibility index (Phi) is 7.63. The number of hydrogen-bond acceptors (Lipinski definition) is 8. The van der Waals surface area contributed by atoms with E-state index in [4.69, 9.17) is 19.4 Å². The van der Waals surface area contributed by atoms with E-state index in [0.29, 0.717) is 37.2 Å². The van der Waals surface area contributed by atoms with Crippen LogP contribution in [0.1, 0.15) is 66.2 Å². The summed E-state index contributed by atoms with van der Waals surface area (Å²) in [6.07, 6.45) is 5.73. The van der Waals surface area contributed by atoms with Crippen molar-refractivity contribution in [3.8, 4) is 11.8 Å². The molecular formula is C34H43N5O4. The van der Waals surface area contributed by atoms with Crippen molar-refractivity contribution in [2.75, 3.05) is 57.4 Å². The van der Waals surface area contributed by atoms with E-state index in [1.54, 1.807) is 12.1 Å². The summed E-state index contributed by atoms with van der Waals surface area (Å²) in [7, 11) is 0. The van der Waals surface area contributed by atoms with E-state index in [0.717, 1.165) is 105 Å². The first-order valence-electron chi connectivity index (χ1n) is 16.0. The van der Waals surface area contributed by atoms with Crippen LogP contribution in [0.4, 0.5) is 5.82 Å². The van der Waals surface area contributed by atoms with Gasteiger partial charge in [0.1, 0.15) is 11.6 Å². The van der Waals surface area contributed by atoms with Gasteiger partial charge in [0.25, 0.3) is 5.91 Å². The lowest BCUT2D eigenvalue weighted by atomic mass is 9.98. The lowest BCUT2D eigenvalue weighted by Gasteiger charge is -2.33. The van der Waals surface area contributed by atoms with E-state index in [1.165, 1.54) is 6.42 Å². The summed E-state index contributed by atoms with van der Waals surface area (Å²) in [6, 6.07) is 9.64. The van der Waals surface area contributed by atoms with Gasteiger partial charge in [-0.25, -0.2) is 0 Å². The summed E-state index contributed by atoms with van der Waals surface area (Å²) in [5, 5.41) is 12.2. The van der Waals surface area contributed by atoms with Crippen LogP contribution in [0, 0.1) is 18.3 Å². The van der Waals surface area contributed by atoms with Crippen molar-refractivity contribution < 1.29 is 19.4 Å². The van der Waals surface area contributed by atoms with Crippen molar-refractivity contribution in [2.24, 2.45) is 11.3 Å². The number of aryl methyl sites for hydroxylation is 1. The minimum Gasteiger partial charge on any atom is -0.508 e. The van der Waals surface area contributed by atoms with E-state index in [9.17, 15) is 9.90 Å². The number of carbonyl (C=O) groups is 1. The molecular weight excluding hydrogens is 542 g/mol. The van der Waals surface area contributed by atoms with Crippen molar-refractivity contribution in [3.63, 3.8) is 0 Å². The molecule has 2 aromatic carbocycles. The molecule has 1 saturated carbocycles. The number of anilines is 1. The number of piperidine rings is 1. The average Bonchev–Trinajstić information content (AvgIpc) is 3.70. The lowest BCUT2D eigenvalue weighted by molar-refractivity contribution is 0.0752. The molecule has 7 rings (SSSR count). The number of rotatable bonds is 7. The number of phenolic OH excluding ortho intramolecular Hbond substituents is 1. The molecule has 1 aliphatic carbocycles. The lowest BCUT2D eigenvalue weighted by Crippen LogP contribution is -2.36. The van der Waals surface area contributed by atoms with Gasteiger partial charge < -0.3 is 29.3 Å². The highest BCUT2D eigenvalue weighted by Gasteiger charge is 2.45. The minimum atomic E-state index is -0.105. The van der Waals surface area contributed by atoms with Crippen molar-refractivity contribution in [1.82, 2.24) is 19.8 Å². The third-order valence-corrected chi connectivity index (χ3v) is 9.72. The number of aromatic nitrogens is 2. The van der Waals surface area contributed by atoms with Crippen LogP contribution in [-0.2, 0) is 17.8 Å². The number of aromatic hydroxyl groups is 1. The zero-order valence-electron chi connectivity index (χ0n) is 25.5. The Bertz CT molecular complexity index is 1510. The summed E-state index contributed by atoms with van der Waals surface area (Å²) < 4.78 is 12.1. The van der Waals surface area contributed by atoms with Crippen molar-refractivity contribution in [2.45, 2.75) is 59.0 Å². The largest absolute Gasteiger partial charge is 0.508 e. The van der Waals surface area contributed by atoms with E-state index in [1.807, 2.05) is 30.0 Å². The zero-order valence-corrected chi connectivity index (χ0v) is 25.5. The molecule has 3 fully saturated rings. The van der Waals surface area contributed by atoms with Crippen molar-refractivity contribution in [3.05, 3.63) is 52.7 Å². The predicted molar refractivity (Wildman–Crippen MR) is 166 cm³/mol. The molecule has 9 nitrogen and oxygen atoms in total. The molecule has 1 unspecified atom stereocenters. The molecule has 0 spiro atoms. The zero-order chi connectivity index (χ0) is 29.6. The maximum atomic E-state index is 14.0. The number of ether oxygens (including phenoxy) is 2. The van der Waals surface area contributed by atoms with Crippen molar-refractivity contribution in [1.29, 1.82) is 0 Å². The first-order chi connectivity index (χ1) is 20.9. The summed E-state index contributed by atoms with van der Waals surface area (Å²) in [5.41, 5.74) is 3.57. The van der Waals surface area contributed by atoms with Gasteiger partial charge in [-0.05, 0) is 73.4 Å². The smallest absolute Gasteiger partial charge is 0.318 e. The SMILES string of the molecule is Cc1cccc2cc(O)cc(C(=O)N3Cc4nc(OCC5(CN6CCCOCC6)CC5)nc(N5CCCC(C)C5)c4C3)c12. The van der Waals surface area contributed by atoms with Gasteiger partial charge in [-0.15, -0.1) is 0 Å². The maximum Gasteiger partial charge on any atom is 0.318 e. The third kappa shape index (κ3) is 5.89. The molecule has 1 aromatic heterocycles. The fraction of sp³-hybridized carbons (Fsp3) is 0.559. The summed E-state index contributed by atoms with van der Waals surface area (Å²) >= 11 is 0. The molecule has 3 aromatic rings. The number of fused-ring (bicyclic) bond motifs is 2. The second-order valence-corrected chi connectivity index (χ2v) is 13.3. The first-order valence-corrected chi connectivity index (χ1v) is 16.0. The highest BCUT2D eigenvalue weighted by molar-refractivity contribution is 6.09.